The molecular formula is C20H26N4O. The lowest BCUT2D eigenvalue weighted by Gasteiger charge is -2.32. The topological polar surface area (TPSA) is 51.0 Å². The Morgan fingerprint density at radius 2 is 2.08 bits per heavy atom. The van der Waals surface area contributed by atoms with Crippen molar-refractivity contribution in [3.63, 3.8) is 0 Å². The maximum atomic E-state index is 12.8. The lowest BCUT2D eigenvalue weighted by Crippen LogP contribution is -2.39. The van der Waals surface area contributed by atoms with Crippen LogP contribution in [-0.2, 0) is 11.3 Å². The molecule has 0 radical (unpaired) electrons. The van der Waals surface area contributed by atoms with Gasteiger partial charge in [-0.2, -0.15) is 0 Å². The van der Waals surface area contributed by atoms with E-state index in [4.69, 9.17) is 0 Å². The van der Waals surface area contributed by atoms with Crippen LogP contribution < -0.4 is 0 Å². The van der Waals surface area contributed by atoms with Crippen molar-refractivity contribution in [1.82, 2.24) is 19.7 Å². The molecule has 1 aromatic carbocycles. The van der Waals surface area contributed by atoms with Gasteiger partial charge in [-0.1, -0.05) is 29.8 Å². The zero-order chi connectivity index (χ0) is 17.4. The zero-order valence-corrected chi connectivity index (χ0v) is 15.1. The van der Waals surface area contributed by atoms with Gasteiger partial charge in [0, 0.05) is 31.5 Å². The molecule has 132 valence electrons. The first-order valence-electron chi connectivity index (χ1n) is 9.40. The number of carbonyl (C=O) groups excluding carboxylic acids is 1. The number of hydrogen-bond donors (Lipinski definition) is 0. The SMILES string of the molecule is CCn1cnnc1C1CCN(C(=O)C2CC2c2cccc(C)c2)CC1. The van der Waals surface area contributed by atoms with E-state index in [0.717, 1.165) is 44.7 Å². The highest BCUT2D eigenvalue weighted by Crippen LogP contribution is 2.49. The third kappa shape index (κ3) is 3.20. The van der Waals surface area contributed by atoms with Crippen molar-refractivity contribution in [2.45, 2.75) is 51.5 Å². The summed E-state index contributed by atoms with van der Waals surface area (Å²) in [7, 11) is 0. The van der Waals surface area contributed by atoms with Crippen LogP contribution in [0.4, 0.5) is 0 Å². The fraction of sp³-hybridized carbons (Fsp3) is 0.550. The fourth-order valence-corrected chi connectivity index (χ4v) is 4.15. The summed E-state index contributed by atoms with van der Waals surface area (Å²) in [5.41, 5.74) is 2.60. The van der Waals surface area contributed by atoms with Gasteiger partial charge in [0.2, 0.25) is 5.91 Å². The summed E-state index contributed by atoms with van der Waals surface area (Å²) in [6, 6.07) is 8.60. The van der Waals surface area contributed by atoms with Crippen molar-refractivity contribution in [3.8, 4) is 0 Å². The van der Waals surface area contributed by atoms with Crippen LogP contribution in [0.3, 0.4) is 0 Å². The Hall–Kier alpha value is -2.17. The summed E-state index contributed by atoms with van der Waals surface area (Å²) in [5.74, 6) is 2.48. The minimum Gasteiger partial charge on any atom is -0.342 e. The molecule has 0 bridgehead atoms. The van der Waals surface area contributed by atoms with E-state index in [2.05, 4.69) is 57.8 Å². The van der Waals surface area contributed by atoms with E-state index in [9.17, 15) is 4.79 Å². The van der Waals surface area contributed by atoms with Crippen LogP contribution in [0.15, 0.2) is 30.6 Å². The standard InChI is InChI=1S/C20H26N4O/c1-3-23-13-21-22-19(23)15-7-9-24(10-8-15)20(25)18-12-17(18)16-6-4-5-14(2)11-16/h4-6,11,13,15,17-18H,3,7-10,12H2,1-2H3. The minimum absolute atomic E-state index is 0.192. The molecule has 5 nitrogen and oxygen atoms in total. The number of aromatic nitrogens is 3. The predicted octanol–water partition coefficient (Wildman–Crippen LogP) is 3.12. The lowest BCUT2D eigenvalue weighted by atomic mass is 9.95. The third-order valence-corrected chi connectivity index (χ3v) is 5.74. The quantitative estimate of drug-likeness (QED) is 0.861. The largest absolute Gasteiger partial charge is 0.342 e. The Morgan fingerprint density at radius 3 is 2.80 bits per heavy atom. The van der Waals surface area contributed by atoms with E-state index in [1.165, 1.54) is 11.1 Å². The van der Waals surface area contributed by atoms with Crippen LogP contribution in [0.25, 0.3) is 0 Å². The molecule has 4 rings (SSSR count). The monoisotopic (exact) mass is 338 g/mol. The van der Waals surface area contributed by atoms with Gasteiger partial charge in [-0.3, -0.25) is 4.79 Å². The van der Waals surface area contributed by atoms with Crippen LogP contribution in [-0.4, -0.2) is 38.7 Å². The Balaban J connectivity index is 1.35. The lowest BCUT2D eigenvalue weighted by molar-refractivity contribution is -0.133. The molecule has 1 aliphatic heterocycles. The first-order valence-corrected chi connectivity index (χ1v) is 9.40. The molecule has 0 N–H and O–H groups in total. The molecule has 1 aromatic heterocycles. The molecule has 5 heteroatoms. The molecule has 2 aliphatic rings. The smallest absolute Gasteiger partial charge is 0.226 e. The molecule has 1 amide bonds. The van der Waals surface area contributed by atoms with Crippen LogP contribution in [0, 0.1) is 12.8 Å². The molecule has 2 heterocycles. The molecule has 2 atom stereocenters. The van der Waals surface area contributed by atoms with Crippen molar-refractivity contribution >= 4 is 5.91 Å². The van der Waals surface area contributed by atoms with Gasteiger partial charge in [0.15, 0.2) is 0 Å². The summed E-state index contributed by atoms with van der Waals surface area (Å²) in [4.78, 5) is 14.9. The van der Waals surface area contributed by atoms with Crippen LogP contribution in [0.1, 0.15) is 55.0 Å². The minimum atomic E-state index is 0.192. The molecule has 2 unspecified atom stereocenters. The normalized spacial score (nSPS) is 23.7. The third-order valence-electron chi connectivity index (χ3n) is 5.74. The number of carbonyl (C=O) groups is 1. The number of rotatable bonds is 4. The molecule has 25 heavy (non-hydrogen) atoms. The van der Waals surface area contributed by atoms with Crippen LogP contribution >= 0.6 is 0 Å². The Morgan fingerprint density at radius 1 is 1.28 bits per heavy atom. The number of likely N-dealkylation sites (tertiary alicyclic amines) is 1. The van der Waals surface area contributed by atoms with Gasteiger partial charge >= 0.3 is 0 Å². The number of nitrogens with zero attached hydrogens (tertiary/aromatic N) is 4. The van der Waals surface area contributed by atoms with Gasteiger partial charge in [-0.15, -0.1) is 10.2 Å². The summed E-state index contributed by atoms with van der Waals surface area (Å²) in [6.07, 6.45) is 4.80. The maximum absolute atomic E-state index is 12.8. The highest BCUT2D eigenvalue weighted by molar-refractivity contribution is 5.83. The summed E-state index contributed by atoms with van der Waals surface area (Å²) >= 11 is 0. The molecule has 1 aliphatic carbocycles. The van der Waals surface area contributed by atoms with E-state index in [0.29, 0.717) is 17.7 Å². The highest BCUT2D eigenvalue weighted by Gasteiger charge is 2.46. The van der Waals surface area contributed by atoms with Gasteiger partial charge < -0.3 is 9.47 Å². The number of aryl methyl sites for hydroxylation is 2. The second-order valence-corrected chi connectivity index (χ2v) is 7.44. The van der Waals surface area contributed by atoms with Crippen molar-refractivity contribution in [3.05, 3.63) is 47.5 Å². The highest BCUT2D eigenvalue weighted by atomic mass is 16.2. The van der Waals surface area contributed by atoms with Gasteiger partial charge in [0.1, 0.15) is 12.2 Å². The summed E-state index contributed by atoms with van der Waals surface area (Å²) in [6.45, 7) is 6.82. The van der Waals surface area contributed by atoms with E-state index in [1.54, 1.807) is 0 Å². The second-order valence-electron chi connectivity index (χ2n) is 7.44. The van der Waals surface area contributed by atoms with E-state index in [1.807, 2.05) is 6.33 Å². The van der Waals surface area contributed by atoms with E-state index >= 15 is 0 Å². The van der Waals surface area contributed by atoms with Crippen molar-refractivity contribution < 1.29 is 4.79 Å². The Kier molecular flexibility index (Phi) is 4.32. The van der Waals surface area contributed by atoms with Gasteiger partial charge in [-0.25, -0.2) is 0 Å². The maximum Gasteiger partial charge on any atom is 0.226 e. The molecule has 1 saturated heterocycles. The van der Waals surface area contributed by atoms with Gasteiger partial charge in [0.05, 0.1) is 0 Å². The van der Waals surface area contributed by atoms with Crippen molar-refractivity contribution in [2.75, 3.05) is 13.1 Å². The average molecular weight is 338 g/mol. The Labute approximate surface area is 149 Å². The number of hydrogen-bond acceptors (Lipinski definition) is 3. The molecule has 2 aromatic rings. The average Bonchev–Trinajstić information content (AvgIpc) is 3.30. The summed E-state index contributed by atoms with van der Waals surface area (Å²) in [5, 5.41) is 8.34. The second kappa shape index (κ2) is 6.62. The fourth-order valence-electron chi connectivity index (χ4n) is 4.15. The van der Waals surface area contributed by atoms with Crippen LogP contribution in [0.2, 0.25) is 0 Å². The number of benzene rings is 1. The number of piperidine rings is 1. The number of amides is 1. The summed E-state index contributed by atoms with van der Waals surface area (Å²) < 4.78 is 2.12. The van der Waals surface area contributed by atoms with Crippen molar-refractivity contribution in [1.29, 1.82) is 0 Å². The van der Waals surface area contributed by atoms with E-state index in [-0.39, 0.29) is 5.92 Å². The van der Waals surface area contributed by atoms with Gasteiger partial charge in [0.25, 0.3) is 0 Å². The first-order chi connectivity index (χ1) is 12.2. The predicted molar refractivity (Wildman–Crippen MR) is 96.3 cm³/mol. The molecule has 0 spiro atoms. The van der Waals surface area contributed by atoms with Gasteiger partial charge in [-0.05, 0) is 44.6 Å². The van der Waals surface area contributed by atoms with E-state index < -0.39 is 0 Å². The van der Waals surface area contributed by atoms with Crippen LogP contribution in [0.5, 0.6) is 0 Å². The zero-order valence-electron chi connectivity index (χ0n) is 15.1. The van der Waals surface area contributed by atoms with Crippen molar-refractivity contribution in [2.24, 2.45) is 5.92 Å². The first kappa shape index (κ1) is 16.3. The molecular weight excluding hydrogens is 312 g/mol. The molecule has 2 fully saturated rings. The Bertz CT molecular complexity index is 761. The molecule has 1 saturated carbocycles.